The first-order valence-corrected chi connectivity index (χ1v) is 5.26. The number of hydrogen-bond acceptors (Lipinski definition) is 5. The third-order valence-corrected chi connectivity index (χ3v) is 2.48. The number of ether oxygens (including phenoxy) is 1. The van der Waals surface area contributed by atoms with Crippen LogP contribution >= 0.6 is 0 Å². The third-order valence-electron chi connectivity index (χ3n) is 2.48. The number of aromatic nitrogens is 2. The lowest BCUT2D eigenvalue weighted by atomic mass is 10.2. The second-order valence-corrected chi connectivity index (χ2v) is 3.61. The van der Waals surface area contributed by atoms with E-state index in [-0.39, 0.29) is 0 Å². The van der Waals surface area contributed by atoms with Crippen LogP contribution < -0.4 is 10.2 Å². The molecule has 15 heavy (non-hydrogen) atoms. The second-order valence-electron chi connectivity index (χ2n) is 3.61. The molecule has 0 spiro atoms. The van der Waals surface area contributed by atoms with Crippen LogP contribution in [0.25, 0.3) is 0 Å². The van der Waals surface area contributed by atoms with E-state index in [9.17, 15) is 0 Å². The lowest BCUT2D eigenvalue weighted by Crippen LogP contribution is -2.35. The minimum Gasteiger partial charge on any atom is -0.494 e. The van der Waals surface area contributed by atoms with Gasteiger partial charge >= 0.3 is 0 Å². The van der Waals surface area contributed by atoms with Gasteiger partial charge in [0.1, 0.15) is 0 Å². The Bertz CT molecular complexity index is 295. The van der Waals surface area contributed by atoms with Crippen LogP contribution in [-0.2, 0) is 0 Å². The van der Waals surface area contributed by atoms with Gasteiger partial charge in [0.05, 0.1) is 19.5 Å². The Labute approximate surface area is 89.4 Å². The van der Waals surface area contributed by atoms with Gasteiger partial charge in [0.15, 0.2) is 5.75 Å². The van der Waals surface area contributed by atoms with Gasteiger partial charge in [-0.05, 0) is 12.8 Å². The summed E-state index contributed by atoms with van der Waals surface area (Å²) in [6.07, 6.45) is 7.13. The van der Waals surface area contributed by atoms with Gasteiger partial charge in [0, 0.05) is 13.1 Å². The Morgan fingerprint density at radius 2 is 1.87 bits per heavy atom. The van der Waals surface area contributed by atoms with E-state index in [1.165, 1.54) is 19.3 Å². The highest BCUT2D eigenvalue weighted by atomic mass is 16.5. The lowest BCUT2D eigenvalue weighted by molar-refractivity contribution is 0.271. The number of hydrogen-bond donors (Lipinski definition) is 1. The summed E-state index contributed by atoms with van der Waals surface area (Å²) in [6.45, 7) is 2.13. The zero-order chi connectivity index (χ0) is 10.5. The number of hydrazine groups is 1. The average Bonchev–Trinajstić information content (AvgIpc) is 2.31. The largest absolute Gasteiger partial charge is 0.494 e. The topological polar surface area (TPSA) is 50.3 Å². The van der Waals surface area contributed by atoms with Gasteiger partial charge in [-0.15, -0.1) is 0 Å². The first kappa shape index (κ1) is 10.2. The molecule has 0 amide bonds. The molecule has 1 saturated heterocycles. The van der Waals surface area contributed by atoms with Crippen molar-refractivity contribution in [3.05, 3.63) is 12.4 Å². The van der Waals surface area contributed by atoms with Gasteiger partial charge < -0.3 is 4.74 Å². The molecule has 2 heterocycles. The van der Waals surface area contributed by atoms with Crippen LogP contribution in [0.2, 0.25) is 0 Å². The number of nitrogens with zero attached hydrogens (tertiary/aromatic N) is 3. The smallest absolute Gasteiger partial charge is 0.237 e. The maximum absolute atomic E-state index is 4.99. The maximum atomic E-state index is 4.99. The summed E-state index contributed by atoms with van der Waals surface area (Å²) in [4.78, 5) is 8.31. The van der Waals surface area contributed by atoms with Crippen molar-refractivity contribution in [3.8, 4) is 5.75 Å². The van der Waals surface area contributed by atoms with Crippen LogP contribution in [0.1, 0.15) is 19.3 Å². The first-order chi connectivity index (χ1) is 7.38. The average molecular weight is 208 g/mol. The van der Waals surface area contributed by atoms with E-state index in [4.69, 9.17) is 4.74 Å². The molecule has 5 nitrogen and oxygen atoms in total. The molecule has 0 aromatic carbocycles. The second kappa shape index (κ2) is 4.93. The maximum Gasteiger partial charge on any atom is 0.237 e. The van der Waals surface area contributed by atoms with Gasteiger partial charge in [-0.25, -0.2) is 15.0 Å². The summed E-state index contributed by atoms with van der Waals surface area (Å²) < 4.78 is 4.99. The van der Waals surface area contributed by atoms with Crippen molar-refractivity contribution < 1.29 is 4.74 Å². The summed E-state index contributed by atoms with van der Waals surface area (Å²) in [7, 11) is 1.61. The molecule has 0 unspecified atom stereocenters. The Morgan fingerprint density at radius 3 is 2.47 bits per heavy atom. The van der Waals surface area contributed by atoms with Gasteiger partial charge in [-0.3, -0.25) is 5.43 Å². The molecule has 5 heteroatoms. The Kier molecular flexibility index (Phi) is 3.34. The van der Waals surface area contributed by atoms with Gasteiger partial charge in [0.25, 0.3) is 0 Å². The molecule has 0 bridgehead atoms. The Morgan fingerprint density at radius 1 is 1.20 bits per heavy atom. The van der Waals surface area contributed by atoms with Crippen LogP contribution in [0, 0.1) is 0 Å². The number of piperidine rings is 1. The first-order valence-electron chi connectivity index (χ1n) is 5.26. The number of rotatable bonds is 3. The molecule has 0 saturated carbocycles. The molecule has 1 N–H and O–H groups in total. The van der Waals surface area contributed by atoms with E-state index >= 15 is 0 Å². The summed E-state index contributed by atoms with van der Waals surface area (Å²) in [5, 5.41) is 2.16. The zero-order valence-electron chi connectivity index (χ0n) is 8.94. The van der Waals surface area contributed by atoms with Crippen molar-refractivity contribution in [2.45, 2.75) is 19.3 Å². The number of anilines is 1. The molecule has 82 valence electrons. The van der Waals surface area contributed by atoms with Crippen molar-refractivity contribution in [1.29, 1.82) is 0 Å². The van der Waals surface area contributed by atoms with Crippen LogP contribution in [0.5, 0.6) is 5.75 Å². The van der Waals surface area contributed by atoms with Crippen molar-refractivity contribution in [3.63, 3.8) is 0 Å². The molecule has 0 aliphatic carbocycles. The number of nitrogens with one attached hydrogen (secondary N) is 1. The van der Waals surface area contributed by atoms with Crippen molar-refractivity contribution >= 4 is 5.95 Å². The molecule has 1 aromatic rings. The summed E-state index contributed by atoms with van der Waals surface area (Å²) in [6, 6.07) is 0. The van der Waals surface area contributed by atoms with Gasteiger partial charge in [0.2, 0.25) is 5.95 Å². The number of methoxy groups -OCH3 is 1. The lowest BCUT2D eigenvalue weighted by Gasteiger charge is -2.26. The normalized spacial score (nSPS) is 17.4. The van der Waals surface area contributed by atoms with E-state index < -0.39 is 0 Å². The predicted molar refractivity (Wildman–Crippen MR) is 57.6 cm³/mol. The molecule has 1 aliphatic heterocycles. The quantitative estimate of drug-likeness (QED) is 0.811. The highest BCUT2D eigenvalue weighted by Crippen LogP contribution is 2.11. The van der Waals surface area contributed by atoms with Crippen LogP contribution in [0.4, 0.5) is 5.95 Å². The van der Waals surface area contributed by atoms with Gasteiger partial charge in [-0.1, -0.05) is 6.42 Å². The standard InChI is InChI=1S/C10H16N4O/c1-15-9-7-11-10(12-8-9)13-14-5-3-2-4-6-14/h7-8H,2-6H2,1H3,(H,11,12,13). The molecule has 0 atom stereocenters. The van der Waals surface area contributed by atoms with Crippen LogP contribution in [0.15, 0.2) is 12.4 Å². The van der Waals surface area contributed by atoms with Crippen LogP contribution in [-0.4, -0.2) is 35.2 Å². The van der Waals surface area contributed by atoms with E-state index in [1.807, 2.05) is 0 Å². The molecule has 1 fully saturated rings. The fraction of sp³-hybridized carbons (Fsp3) is 0.600. The van der Waals surface area contributed by atoms with Crippen LogP contribution in [0.3, 0.4) is 0 Å². The molecular weight excluding hydrogens is 192 g/mol. The SMILES string of the molecule is COc1cnc(NN2CCCCC2)nc1. The summed E-state index contributed by atoms with van der Waals surface area (Å²) in [5.74, 6) is 1.32. The van der Waals surface area contributed by atoms with Crippen molar-refractivity contribution in [2.24, 2.45) is 0 Å². The van der Waals surface area contributed by atoms with Crippen molar-refractivity contribution in [1.82, 2.24) is 15.0 Å². The molecule has 1 aromatic heterocycles. The monoisotopic (exact) mass is 208 g/mol. The van der Waals surface area contributed by atoms with E-state index in [0.29, 0.717) is 11.7 Å². The highest BCUT2D eigenvalue weighted by molar-refractivity contribution is 5.25. The highest BCUT2D eigenvalue weighted by Gasteiger charge is 2.10. The Hall–Kier alpha value is -1.36. The van der Waals surface area contributed by atoms with E-state index in [0.717, 1.165) is 13.1 Å². The third kappa shape index (κ3) is 2.79. The summed E-state index contributed by atoms with van der Waals surface area (Å²) in [5.41, 5.74) is 3.19. The predicted octanol–water partition coefficient (Wildman–Crippen LogP) is 1.30. The minimum atomic E-state index is 0.637. The fourth-order valence-electron chi connectivity index (χ4n) is 1.63. The molecule has 0 radical (unpaired) electrons. The minimum absolute atomic E-state index is 0.637. The van der Waals surface area contributed by atoms with Gasteiger partial charge in [-0.2, -0.15) is 0 Å². The van der Waals surface area contributed by atoms with Crippen molar-refractivity contribution in [2.75, 3.05) is 25.6 Å². The van der Waals surface area contributed by atoms with E-state index in [1.54, 1.807) is 19.5 Å². The fourth-order valence-corrected chi connectivity index (χ4v) is 1.63. The zero-order valence-corrected chi connectivity index (χ0v) is 8.94. The van der Waals surface area contributed by atoms with E-state index in [2.05, 4.69) is 20.4 Å². The summed E-state index contributed by atoms with van der Waals surface area (Å²) >= 11 is 0. The molecular formula is C10H16N4O. The molecule has 1 aliphatic rings. The Balaban J connectivity index is 1.91. The molecule has 2 rings (SSSR count).